The lowest BCUT2D eigenvalue weighted by atomic mass is 10.2. The van der Waals surface area contributed by atoms with Crippen molar-refractivity contribution in [1.29, 1.82) is 0 Å². The van der Waals surface area contributed by atoms with E-state index in [1.54, 1.807) is 0 Å². The van der Waals surface area contributed by atoms with Gasteiger partial charge in [0.1, 0.15) is 4.60 Å². The number of aryl methyl sites for hydroxylation is 1. The number of hydrogen-bond acceptors (Lipinski definition) is 2. The highest BCUT2D eigenvalue weighted by atomic mass is 79.9. The minimum absolute atomic E-state index is 0.515. The molecule has 0 bridgehead atoms. The molecule has 1 unspecified atom stereocenters. The summed E-state index contributed by atoms with van der Waals surface area (Å²) in [5.41, 5.74) is 2.18. The van der Waals surface area contributed by atoms with Crippen LogP contribution in [0.15, 0.2) is 16.7 Å². The second kappa shape index (κ2) is 5.35. The highest BCUT2D eigenvalue weighted by molar-refractivity contribution is 9.10. The fraction of sp³-hybridized carbons (Fsp3) is 0.545. The average molecular weight is 257 g/mol. The minimum Gasteiger partial charge on any atom is -0.381 e. The van der Waals surface area contributed by atoms with E-state index in [0.717, 1.165) is 16.0 Å². The predicted octanol–water partition coefficient (Wildman–Crippen LogP) is 3.75. The van der Waals surface area contributed by atoms with E-state index in [9.17, 15) is 0 Å². The number of aromatic nitrogens is 1. The lowest BCUT2D eigenvalue weighted by Crippen LogP contribution is -2.15. The molecule has 3 heteroatoms. The Kier molecular flexibility index (Phi) is 4.39. The van der Waals surface area contributed by atoms with Gasteiger partial charge in [0.25, 0.3) is 0 Å². The third-order valence-corrected chi connectivity index (χ3v) is 2.62. The summed E-state index contributed by atoms with van der Waals surface area (Å²) < 4.78 is 0.892. The van der Waals surface area contributed by atoms with Crippen molar-refractivity contribution in [3.05, 3.63) is 22.4 Å². The standard InChI is InChI=1S/C11H17BrN2/c1-4-5-8(2)13-10-6-7-11(12)14-9(10)3/h6-8,13H,4-5H2,1-3H3. The molecule has 14 heavy (non-hydrogen) atoms. The van der Waals surface area contributed by atoms with E-state index in [2.05, 4.69) is 46.1 Å². The molecule has 0 saturated heterocycles. The van der Waals surface area contributed by atoms with E-state index in [4.69, 9.17) is 0 Å². The van der Waals surface area contributed by atoms with Crippen LogP contribution < -0.4 is 5.32 Å². The first kappa shape index (κ1) is 11.5. The summed E-state index contributed by atoms with van der Waals surface area (Å²) >= 11 is 3.35. The summed E-state index contributed by atoms with van der Waals surface area (Å²) in [6.07, 6.45) is 2.40. The summed E-state index contributed by atoms with van der Waals surface area (Å²) in [7, 11) is 0. The molecule has 1 rings (SSSR count). The topological polar surface area (TPSA) is 24.9 Å². The third-order valence-electron chi connectivity index (χ3n) is 2.18. The molecule has 2 nitrogen and oxygen atoms in total. The maximum absolute atomic E-state index is 4.34. The molecule has 0 amide bonds. The molecule has 1 heterocycles. The van der Waals surface area contributed by atoms with Gasteiger partial charge in [-0.05, 0) is 48.3 Å². The van der Waals surface area contributed by atoms with Crippen molar-refractivity contribution in [3.63, 3.8) is 0 Å². The maximum atomic E-state index is 4.34. The molecular formula is C11H17BrN2. The van der Waals surface area contributed by atoms with Crippen molar-refractivity contribution in [2.45, 2.75) is 39.7 Å². The SMILES string of the molecule is CCCC(C)Nc1ccc(Br)nc1C. The lowest BCUT2D eigenvalue weighted by molar-refractivity contribution is 0.689. The van der Waals surface area contributed by atoms with Crippen LogP contribution in [0.4, 0.5) is 5.69 Å². The van der Waals surface area contributed by atoms with Crippen molar-refractivity contribution in [2.75, 3.05) is 5.32 Å². The van der Waals surface area contributed by atoms with Gasteiger partial charge in [-0.1, -0.05) is 13.3 Å². The normalized spacial score (nSPS) is 12.6. The molecule has 0 aromatic carbocycles. The van der Waals surface area contributed by atoms with Crippen LogP contribution in [0, 0.1) is 6.92 Å². The van der Waals surface area contributed by atoms with Gasteiger partial charge >= 0.3 is 0 Å². The van der Waals surface area contributed by atoms with Crippen molar-refractivity contribution in [1.82, 2.24) is 4.98 Å². The van der Waals surface area contributed by atoms with Crippen LogP contribution >= 0.6 is 15.9 Å². The zero-order chi connectivity index (χ0) is 10.6. The van der Waals surface area contributed by atoms with Crippen molar-refractivity contribution >= 4 is 21.6 Å². The summed E-state index contributed by atoms with van der Waals surface area (Å²) in [4.78, 5) is 4.34. The van der Waals surface area contributed by atoms with Crippen LogP contribution in [-0.4, -0.2) is 11.0 Å². The van der Waals surface area contributed by atoms with Gasteiger partial charge in [0.15, 0.2) is 0 Å². The van der Waals surface area contributed by atoms with Crippen LogP contribution in [0.5, 0.6) is 0 Å². The van der Waals surface area contributed by atoms with Gasteiger partial charge in [-0.25, -0.2) is 4.98 Å². The number of rotatable bonds is 4. The zero-order valence-electron chi connectivity index (χ0n) is 8.97. The Morgan fingerprint density at radius 1 is 1.50 bits per heavy atom. The van der Waals surface area contributed by atoms with Gasteiger partial charge in [0, 0.05) is 6.04 Å². The van der Waals surface area contributed by atoms with E-state index < -0.39 is 0 Å². The minimum atomic E-state index is 0.515. The molecule has 0 saturated carbocycles. The van der Waals surface area contributed by atoms with Gasteiger partial charge in [0.2, 0.25) is 0 Å². The largest absolute Gasteiger partial charge is 0.381 e. The first-order chi connectivity index (χ1) is 6.63. The summed E-state index contributed by atoms with van der Waals surface area (Å²) in [5, 5.41) is 3.45. The number of hydrogen-bond donors (Lipinski definition) is 1. The molecule has 0 aliphatic heterocycles. The Hall–Kier alpha value is -0.570. The maximum Gasteiger partial charge on any atom is 0.106 e. The summed E-state index contributed by atoms with van der Waals surface area (Å²) in [6, 6.07) is 4.55. The van der Waals surface area contributed by atoms with Gasteiger partial charge in [0.05, 0.1) is 11.4 Å². The van der Waals surface area contributed by atoms with E-state index in [-0.39, 0.29) is 0 Å². The lowest BCUT2D eigenvalue weighted by Gasteiger charge is -2.15. The molecule has 1 aromatic heterocycles. The Morgan fingerprint density at radius 3 is 2.79 bits per heavy atom. The fourth-order valence-electron chi connectivity index (χ4n) is 1.45. The molecule has 0 spiro atoms. The number of anilines is 1. The second-order valence-electron chi connectivity index (χ2n) is 3.60. The average Bonchev–Trinajstić information content (AvgIpc) is 2.10. The highest BCUT2D eigenvalue weighted by Crippen LogP contribution is 2.17. The van der Waals surface area contributed by atoms with Gasteiger partial charge in [-0.3, -0.25) is 0 Å². The van der Waals surface area contributed by atoms with E-state index in [1.165, 1.54) is 12.8 Å². The Bertz CT molecular complexity index is 299. The molecule has 0 aliphatic rings. The van der Waals surface area contributed by atoms with E-state index in [0.29, 0.717) is 6.04 Å². The van der Waals surface area contributed by atoms with Crippen LogP contribution in [0.2, 0.25) is 0 Å². The molecule has 1 atom stereocenters. The number of nitrogens with zero attached hydrogens (tertiary/aromatic N) is 1. The van der Waals surface area contributed by atoms with Gasteiger partial charge in [-0.2, -0.15) is 0 Å². The highest BCUT2D eigenvalue weighted by Gasteiger charge is 2.04. The molecule has 78 valence electrons. The van der Waals surface area contributed by atoms with Crippen LogP contribution in [0.3, 0.4) is 0 Å². The smallest absolute Gasteiger partial charge is 0.106 e. The van der Waals surface area contributed by atoms with E-state index >= 15 is 0 Å². The zero-order valence-corrected chi connectivity index (χ0v) is 10.6. The summed E-state index contributed by atoms with van der Waals surface area (Å²) in [6.45, 7) is 6.42. The Balaban J connectivity index is 2.67. The van der Waals surface area contributed by atoms with Crippen molar-refractivity contribution in [3.8, 4) is 0 Å². The molecule has 1 aromatic rings. The molecule has 1 N–H and O–H groups in total. The predicted molar refractivity (Wildman–Crippen MR) is 64.7 cm³/mol. The third kappa shape index (κ3) is 3.29. The quantitative estimate of drug-likeness (QED) is 0.831. The molecule has 0 aliphatic carbocycles. The van der Waals surface area contributed by atoms with Crippen LogP contribution in [-0.2, 0) is 0 Å². The first-order valence-electron chi connectivity index (χ1n) is 5.03. The number of pyridine rings is 1. The van der Waals surface area contributed by atoms with Crippen molar-refractivity contribution in [2.24, 2.45) is 0 Å². The van der Waals surface area contributed by atoms with E-state index in [1.807, 2.05) is 13.0 Å². The van der Waals surface area contributed by atoms with Crippen molar-refractivity contribution < 1.29 is 0 Å². The summed E-state index contributed by atoms with van der Waals surface area (Å²) in [5.74, 6) is 0. The molecule has 0 fully saturated rings. The van der Waals surface area contributed by atoms with Crippen LogP contribution in [0.25, 0.3) is 0 Å². The molecule has 0 radical (unpaired) electrons. The number of halogens is 1. The first-order valence-corrected chi connectivity index (χ1v) is 5.82. The van der Waals surface area contributed by atoms with Gasteiger partial charge in [-0.15, -0.1) is 0 Å². The van der Waals surface area contributed by atoms with Crippen LogP contribution in [0.1, 0.15) is 32.4 Å². The monoisotopic (exact) mass is 256 g/mol. The second-order valence-corrected chi connectivity index (χ2v) is 4.41. The Morgan fingerprint density at radius 2 is 2.21 bits per heavy atom. The number of nitrogens with one attached hydrogen (secondary N) is 1. The Labute approximate surface area is 94.3 Å². The molecular weight excluding hydrogens is 240 g/mol. The van der Waals surface area contributed by atoms with Gasteiger partial charge < -0.3 is 5.32 Å². The fourth-order valence-corrected chi connectivity index (χ4v) is 1.85.